The van der Waals surface area contributed by atoms with Gasteiger partial charge in [0.1, 0.15) is 11.6 Å². The molecule has 3 heterocycles. The zero-order chi connectivity index (χ0) is 24.2. The lowest BCUT2D eigenvalue weighted by molar-refractivity contribution is 0.122. The van der Waals surface area contributed by atoms with E-state index in [-0.39, 0.29) is 5.02 Å². The molecule has 0 aromatic heterocycles. The number of hydrogen-bond acceptors (Lipinski definition) is 8. The molecule has 2 aromatic carbocycles. The van der Waals surface area contributed by atoms with E-state index in [0.717, 1.165) is 69.7 Å². The second-order valence-electron chi connectivity index (χ2n) is 8.72. The molecule has 0 aliphatic carbocycles. The monoisotopic (exact) mass is 500 g/mol. The van der Waals surface area contributed by atoms with Crippen molar-refractivity contribution < 1.29 is 13.9 Å². The summed E-state index contributed by atoms with van der Waals surface area (Å²) in [4.78, 5) is 11.5. The van der Waals surface area contributed by atoms with Crippen molar-refractivity contribution >= 4 is 40.3 Å². The van der Waals surface area contributed by atoms with Crippen molar-refractivity contribution in [2.24, 2.45) is 4.99 Å². The van der Waals surface area contributed by atoms with Gasteiger partial charge in [0.25, 0.3) is 0 Å². The predicted octanol–water partition coefficient (Wildman–Crippen LogP) is 3.82. The van der Waals surface area contributed by atoms with Gasteiger partial charge in [0.05, 0.1) is 31.5 Å². The minimum Gasteiger partial charge on any atom is -0.378 e. The number of halogens is 2. The van der Waals surface area contributed by atoms with E-state index in [0.29, 0.717) is 24.0 Å². The molecule has 0 radical (unpaired) electrons. The second-order valence-corrected chi connectivity index (χ2v) is 9.13. The number of morpholine rings is 2. The molecular weight excluding hydrogens is 471 g/mol. The third-order valence-electron chi connectivity index (χ3n) is 6.25. The van der Waals surface area contributed by atoms with E-state index in [1.807, 2.05) is 18.0 Å². The van der Waals surface area contributed by atoms with Crippen LogP contribution < -0.4 is 20.4 Å². The van der Waals surface area contributed by atoms with Crippen LogP contribution in [0, 0.1) is 5.82 Å². The minimum atomic E-state index is -0.469. The molecule has 0 bridgehead atoms. The highest BCUT2D eigenvalue weighted by Gasteiger charge is 2.19. The molecule has 0 saturated carbocycles. The van der Waals surface area contributed by atoms with Gasteiger partial charge in [-0.2, -0.15) is 4.99 Å². The second kappa shape index (κ2) is 10.7. The fraction of sp³-hybridized carbons (Fsp3) is 0.400. The summed E-state index contributed by atoms with van der Waals surface area (Å²) in [7, 11) is 1.98. The number of anilines is 4. The van der Waals surface area contributed by atoms with E-state index in [2.05, 4.69) is 38.6 Å². The molecule has 2 N–H and O–H groups in total. The predicted molar refractivity (Wildman–Crippen MR) is 139 cm³/mol. The molecule has 2 saturated heterocycles. The molecule has 0 unspecified atom stereocenters. The molecule has 186 valence electrons. The van der Waals surface area contributed by atoms with Gasteiger partial charge >= 0.3 is 0 Å². The minimum absolute atomic E-state index is 0.0926. The Balaban J connectivity index is 1.39. The topological polar surface area (TPSA) is 64.6 Å². The van der Waals surface area contributed by atoms with E-state index in [1.54, 1.807) is 6.07 Å². The number of hydrogen-bond donors (Lipinski definition) is 2. The summed E-state index contributed by atoms with van der Waals surface area (Å²) < 4.78 is 25.0. The maximum absolute atomic E-state index is 13.9. The summed E-state index contributed by atoms with van der Waals surface area (Å²) in [6.45, 7) is 7.02. The number of aliphatic imine (C=N–C) groups is 1. The molecular formula is C25H30ClFN6O2. The van der Waals surface area contributed by atoms with Gasteiger partial charge in [0.2, 0.25) is 5.96 Å². The fourth-order valence-corrected chi connectivity index (χ4v) is 4.40. The van der Waals surface area contributed by atoms with Crippen LogP contribution in [-0.2, 0) is 9.47 Å². The molecule has 0 amide bonds. The van der Waals surface area contributed by atoms with Crippen LogP contribution in [0.15, 0.2) is 53.3 Å². The largest absolute Gasteiger partial charge is 0.378 e. The number of benzene rings is 2. The van der Waals surface area contributed by atoms with E-state index >= 15 is 0 Å². The van der Waals surface area contributed by atoms with Crippen LogP contribution in [0.1, 0.15) is 0 Å². The highest BCUT2D eigenvalue weighted by atomic mass is 35.5. The fourth-order valence-electron chi connectivity index (χ4n) is 4.28. The van der Waals surface area contributed by atoms with Gasteiger partial charge in [-0.25, -0.2) is 4.39 Å². The first-order chi connectivity index (χ1) is 17.0. The van der Waals surface area contributed by atoms with E-state index in [1.165, 1.54) is 12.1 Å². The van der Waals surface area contributed by atoms with Crippen LogP contribution in [0.4, 0.5) is 27.1 Å². The molecule has 2 fully saturated rings. The van der Waals surface area contributed by atoms with Crippen molar-refractivity contribution in [1.29, 1.82) is 0 Å². The van der Waals surface area contributed by atoms with Gasteiger partial charge in [0.15, 0.2) is 0 Å². The average Bonchev–Trinajstić information content (AvgIpc) is 2.89. The van der Waals surface area contributed by atoms with Crippen molar-refractivity contribution in [3.63, 3.8) is 0 Å². The first-order valence-corrected chi connectivity index (χ1v) is 12.2. The van der Waals surface area contributed by atoms with Gasteiger partial charge in [-0.3, -0.25) is 0 Å². The Hall–Kier alpha value is -3.01. The Morgan fingerprint density at radius 1 is 0.857 bits per heavy atom. The molecule has 35 heavy (non-hydrogen) atoms. The lowest BCUT2D eigenvalue weighted by atomic mass is 10.2. The van der Waals surface area contributed by atoms with Crippen LogP contribution in [0.25, 0.3) is 0 Å². The molecule has 0 spiro atoms. The third kappa shape index (κ3) is 5.80. The molecule has 2 aromatic rings. The number of likely N-dealkylation sites (N-methyl/N-ethyl adjacent to an activating group) is 1. The Labute approximate surface area is 209 Å². The highest BCUT2D eigenvalue weighted by molar-refractivity contribution is 6.30. The number of guanidine groups is 1. The molecule has 0 atom stereocenters. The number of nitrogens with one attached hydrogen (secondary N) is 2. The van der Waals surface area contributed by atoms with Gasteiger partial charge in [0, 0.05) is 62.5 Å². The van der Waals surface area contributed by atoms with Crippen molar-refractivity contribution in [2.75, 3.05) is 86.6 Å². The summed E-state index contributed by atoms with van der Waals surface area (Å²) in [6.07, 6.45) is 1.96. The quantitative estimate of drug-likeness (QED) is 0.647. The van der Waals surface area contributed by atoms with Crippen molar-refractivity contribution in [3.05, 3.63) is 59.1 Å². The summed E-state index contributed by atoms with van der Waals surface area (Å²) in [5, 5.41) is 6.78. The lowest BCUT2D eigenvalue weighted by Crippen LogP contribution is -2.38. The summed E-state index contributed by atoms with van der Waals surface area (Å²) in [5.41, 5.74) is 3.86. The van der Waals surface area contributed by atoms with Crippen LogP contribution >= 0.6 is 11.6 Å². The molecule has 8 nitrogen and oxygen atoms in total. The van der Waals surface area contributed by atoms with Crippen LogP contribution in [0.5, 0.6) is 0 Å². The van der Waals surface area contributed by atoms with Crippen molar-refractivity contribution in [1.82, 2.24) is 4.90 Å². The van der Waals surface area contributed by atoms with Gasteiger partial charge in [-0.1, -0.05) is 11.6 Å². The summed E-state index contributed by atoms with van der Waals surface area (Å²) in [6, 6.07) is 11.2. The number of nitrogens with zero attached hydrogens (tertiary/aromatic N) is 4. The maximum Gasteiger partial charge on any atom is 0.205 e. The number of ether oxygens (including phenoxy) is 2. The zero-order valence-corrected chi connectivity index (χ0v) is 20.5. The molecule has 10 heteroatoms. The van der Waals surface area contributed by atoms with E-state index < -0.39 is 5.82 Å². The van der Waals surface area contributed by atoms with Crippen molar-refractivity contribution in [2.45, 2.75) is 0 Å². The Kier molecular flexibility index (Phi) is 7.26. The average molecular weight is 501 g/mol. The lowest BCUT2D eigenvalue weighted by Gasteiger charge is -2.33. The normalized spacial score (nSPS) is 18.8. The van der Waals surface area contributed by atoms with Crippen LogP contribution in [-0.4, -0.2) is 77.1 Å². The van der Waals surface area contributed by atoms with Crippen LogP contribution in [0.2, 0.25) is 5.02 Å². The highest BCUT2D eigenvalue weighted by Crippen LogP contribution is 2.30. The Morgan fingerprint density at radius 3 is 2.09 bits per heavy atom. The first kappa shape index (κ1) is 23.7. The third-order valence-corrected chi connectivity index (χ3v) is 6.56. The van der Waals surface area contributed by atoms with Gasteiger partial charge in [-0.15, -0.1) is 0 Å². The Morgan fingerprint density at radius 2 is 1.49 bits per heavy atom. The maximum atomic E-state index is 13.9. The smallest absolute Gasteiger partial charge is 0.205 e. The van der Waals surface area contributed by atoms with Gasteiger partial charge < -0.3 is 34.8 Å². The number of rotatable bonds is 5. The summed E-state index contributed by atoms with van der Waals surface area (Å²) >= 11 is 5.81. The molecule has 3 aliphatic rings. The van der Waals surface area contributed by atoms with Crippen molar-refractivity contribution in [3.8, 4) is 0 Å². The molecule has 3 aliphatic heterocycles. The zero-order valence-electron chi connectivity index (χ0n) is 19.8. The van der Waals surface area contributed by atoms with E-state index in [4.69, 9.17) is 26.1 Å². The van der Waals surface area contributed by atoms with Gasteiger partial charge in [-0.05, 0) is 42.5 Å². The van der Waals surface area contributed by atoms with Crippen LogP contribution in [0.3, 0.4) is 0 Å². The standard InChI is InChI=1S/C25H30ClFN6O2/c1-31-5-4-24(28-18-2-3-22(26)23(27)16-18)30-25(31)29-19-14-20(32-6-10-34-11-7-32)17-21(15-19)33-8-12-35-13-9-33/h2-4,14-17,28H,5-13H2,1H3,(H,29,30). The SMILES string of the molecule is CN1CC=C(Nc2ccc(Cl)c(F)c2)N=C1Nc1cc(N2CCOCC2)cc(N2CCOCC2)c1. The molecule has 5 rings (SSSR count). The Bertz CT molecular complexity index is 1080. The van der Waals surface area contributed by atoms with E-state index in [9.17, 15) is 4.39 Å². The summed E-state index contributed by atoms with van der Waals surface area (Å²) in [5.74, 6) is 0.879. The first-order valence-electron chi connectivity index (χ1n) is 11.8.